The van der Waals surface area contributed by atoms with Gasteiger partial charge in [0, 0.05) is 4.47 Å². The van der Waals surface area contributed by atoms with Gasteiger partial charge >= 0.3 is 0 Å². The molecule has 0 heterocycles. The zero-order chi connectivity index (χ0) is 17.6. The maximum absolute atomic E-state index is 12.0. The first-order valence-electron chi connectivity index (χ1n) is 7.01. The Hall–Kier alpha value is -2.03. The van der Waals surface area contributed by atoms with Gasteiger partial charge < -0.3 is 0 Å². The van der Waals surface area contributed by atoms with Gasteiger partial charge in [-0.1, -0.05) is 45.8 Å². The van der Waals surface area contributed by atoms with Crippen molar-refractivity contribution in [1.82, 2.24) is 10.1 Å². The molecule has 0 unspecified atom stereocenters. The lowest BCUT2D eigenvalue weighted by Gasteiger charge is -2.06. The molecule has 0 aliphatic heterocycles. The van der Waals surface area contributed by atoms with Crippen LogP contribution >= 0.6 is 15.9 Å². The molecule has 126 valence electrons. The minimum Gasteiger partial charge on any atom is -0.272 e. The molecule has 6 nitrogen and oxygen atoms in total. The van der Waals surface area contributed by atoms with E-state index >= 15 is 0 Å². The summed E-state index contributed by atoms with van der Waals surface area (Å²) in [5.41, 5.74) is 4.03. The molecule has 0 saturated heterocycles. The van der Waals surface area contributed by atoms with Crippen LogP contribution in [0.2, 0.25) is 0 Å². The summed E-state index contributed by atoms with van der Waals surface area (Å²) in [4.78, 5) is 11.8. The van der Waals surface area contributed by atoms with E-state index in [1.54, 1.807) is 12.1 Å². The molecule has 0 atom stereocenters. The second-order valence-electron chi connectivity index (χ2n) is 4.98. The summed E-state index contributed by atoms with van der Waals surface area (Å²) in [5.74, 6) is -0.556. The van der Waals surface area contributed by atoms with E-state index < -0.39 is 22.5 Å². The van der Waals surface area contributed by atoms with Gasteiger partial charge in [0.25, 0.3) is 5.91 Å². The number of hydrogen-bond acceptors (Lipinski definition) is 4. The van der Waals surface area contributed by atoms with Crippen LogP contribution in [-0.4, -0.2) is 27.1 Å². The molecular weight excluding hydrogens is 394 g/mol. The number of benzene rings is 2. The average Bonchev–Trinajstić information content (AvgIpc) is 2.55. The summed E-state index contributed by atoms with van der Waals surface area (Å²) in [7, 11) is -3.72. The summed E-state index contributed by atoms with van der Waals surface area (Å²) in [6.45, 7) is 1.47. The number of nitrogens with zero attached hydrogens (tertiary/aromatic N) is 1. The molecule has 8 heteroatoms. The maximum atomic E-state index is 12.0. The number of sulfonamides is 1. The molecule has 2 aromatic carbocycles. The monoisotopic (exact) mass is 409 g/mol. The highest BCUT2D eigenvalue weighted by Gasteiger charge is 2.14. The first-order valence-corrected chi connectivity index (χ1v) is 9.28. The van der Waals surface area contributed by atoms with Crippen LogP contribution in [0.3, 0.4) is 0 Å². The van der Waals surface area contributed by atoms with E-state index in [2.05, 4.69) is 31.2 Å². The zero-order valence-electron chi connectivity index (χ0n) is 12.9. The standard InChI is InChI=1S/C16H16BrN3O3S/c1-12-2-8-15(9-3-12)24(22,23)19-11-16(21)20-18-10-13-4-6-14(17)7-5-13/h2-10,19H,11H2,1H3,(H,20,21)/b18-10+. The molecule has 2 N–H and O–H groups in total. The van der Waals surface area contributed by atoms with E-state index in [4.69, 9.17) is 0 Å². The molecule has 0 fully saturated rings. The largest absolute Gasteiger partial charge is 0.272 e. The maximum Gasteiger partial charge on any atom is 0.255 e. The molecule has 2 rings (SSSR count). The van der Waals surface area contributed by atoms with Gasteiger partial charge in [-0.25, -0.2) is 18.6 Å². The predicted octanol–water partition coefficient (Wildman–Crippen LogP) is 2.19. The molecule has 0 radical (unpaired) electrons. The van der Waals surface area contributed by atoms with Crippen molar-refractivity contribution in [3.63, 3.8) is 0 Å². The van der Waals surface area contributed by atoms with E-state index in [0.29, 0.717) is 0 Å². The van der Waals surface area contributed by atoms with Crippen LogP contribution < -0.4 is 10.1 Å². The normalized spacial score (nSPS) is 11.6. The topological polar surface area (TPSA) is 87.6 Å². The Balaban J connectivity index is 1.86. The summed E-state index contributed by atoms with van der Waals surface area (Å²) in [5, 5.41) is 3.78. The van der Waals surface area contributed by atoms with Crippen molar-refractivity contribution in [2.45, 2.75) is 11.8 Å². The fourth-order valence-corrected chi connectivity index (χ4v) is 2.97. The second kappa shape index (κ2) is 8.18. The first kappa shape index (κ1) is 18.3. The number of carbonyl (C=O) groups is 1. The smallest absolute Gasteiger partial charge is 0.255 e. The van der Waals surface area contributed by atoms with Crippen LogP contribution in [0.25, 0.3) is 0 Å². The predicted molar refractivity (Wildman–Crippen MR) is 96.2 cm³/mol. The van der Waals surface area contributed by atoms with Crippen LogP contribution in [-0.2, 0) is 14.8 Å². The van der Waals surface area contributed by atoms with Crippen molar-refractivity contribution < 1.29 is 13.2 Å². The molecule has 24 heavy (non-hydrogen) atoms. The molecule has 0 saturated carbocycles. The van der Waals surface area contributed by atoms with Crippen LogP contribution in [0.4, 0.5) is 0 Å². The highest BCUT2D eigenvalue weighted by atomic mass is 79.9. The summed E-state index contributed by atoms with van der Waals surface area (Å²) >= 11 is 3.32. The number of halogens is 1. The van der Waals surface area contributed by atoms with E-state index in [9.17, 15) is 13.2 Å². The van der Waals surface area contributed by atoms with E-state index in [0.717, 1.165) is 15.6 Å². The van der Waals surface area contributed by atoms with E-state index in [1.165, 1.54) is 18.3 Å². The number of rotatable bonds is 6. The van der Waals surface area contributed by atoms with Crippen molar-refractivity contribution in [3.8, 4) is 0 Å². The quantitative estimate of drug-likeness (QED) is 0.565. The number of aryl methyl sites for hydroxylation is 1. The third-order valence-electron chi connectivity index (χ3n) is 3.03. The summed E-state index contributed by atoms with van der Waals surface area (Å²) < 4.78 is 27.3. The number of amides is 1. The Labute approximate surface area is 149 Å². The van der Waals surface area contributed by atoms with E-state index in [-0.39, 0.29) is 4.90 Å². The average molecular weight is 410 g/mol. The minimum absolute atomic E-state index is 0.110. The van der Waals surface area contributed by atoms with Crippen molar-refractivity contribution in [2.75, 3.05) is 6.54 Å². The minimum atomic E-state index is -3.72. The molecular formula is C16H16BrN3O3S. The van der Waals surface area contributed by atoms with Gasteiger partial charge in [0.15, 0.2) is 0 Å². The highest BCUT2D eigenvalue weighted by molar-refractivity contribution is 9.10. The van der Waals surface area contributed by atoms with Gasteiger partial charge in [0.05, 0.1) is 17.7 Å². The number of carbonyl (C=O) groups excluding carboxylic acids is 1. The summed E-state index contributed by atoms with van der Waals surface area (Å²) in [6, 6.07) is 13.7. The molecule has 2 aromatic rings. The lowest BCUT2D eigenvalue weighted by atomic mass is 10.2. The van der Waals surface area contributed by atoms with Gasteiger partial charge in [-0.05, 0) is 36.8 Å². The van der Waals surface area contributed by atoms with Crippen molar-refractivity contribution in [3.05, 3.63) is 64.1 Å². The van der Waals surface area contributed by atoms with Crippen molar-refractivity contribution in [2.24, 2.45) is 5.10 Å². The Bertz CT molecular complexity index is 832. The second-order valence-corrected chi connectivity index (χ2v) is 7.66. The molecule has 0 bridgehead atoms. The number of hydrogen-bond donors (Lipinski definition) is 2. The van der Waals surface area contributed by atoms with Gasteiger partial charge in [-0.15, -0.1) is 0 Å². The van der Waals surface area contributed by atoms with Crippen LogP contribution in [0.5, 0.6) is 0 Å². The third kappa shape index (κ3) is 5.55. The van der Waals surface area contributed by atoms with Crippen LogP contribution in [0.1, 0.15) is 11.1 Å². The highest BCUT2D eigenvalue weighted by Crippen LogP contribution is 2.10. The fourth-order valence-electron chi connectivity index (χ4n) is 1.73. The molecule has 1 amide bonds. The lowest BCUT2D eigenvalue weighted by molar-refractivity contribution is -0.119. The first-order chi connectivity index (χ1) is 11.4. The van der Waals surface area contributed by atoms with E-state index in [1.807, 2.05) is 31.2 Å². The fraction of sp³-hybridized carbons (Fsp3) is 0.125. The Morgan fingerprint density at radius 3 is 2.38 bits per heavy atom. The molecule has 0 aliphatic carbocycles. The zero-order valence-corrected chi connectivity index (χ0v) is 15.3. The summed E-state index contributed by atoms with van der Waals surface area (Å²) in [6.07, 6.45) is 1.47. The van der Waals surface area contributed by atoms with Gasteiger partial charge in [-0.2, -0.15) is 5.10 Å². The number of nitrogens with one attached hydrogen (secondary N) is 2. The lowest BCUT2D eigenvalue weighted by Crippen LogP contribution is -2.34. The SMILES string of the molecule is Cc1ccc(S(=O)(=O)NCC(=O)N/N=C/c2ccc(Br)cc2)cc1. The Morgan fingerprint density at radius 1 is 1.12 bits per heavy atom. The van der Waals surface area contributed by atoms with Gasteiger partial charge in [0.2, 0.25) is 10.0 Å². The van der Waals surface area contributed by atoms with Crippen LogP contribution in [0.15, 0.2) is 63.0 Å². The van der Waals surface area contributed by atoms with Gasteiger partial charge in [-0.3, -0.25) is 4.79 Å². The molecule has 0 spiro atoms. The van der Waals surface area contributed by atoms with Crippen molar-refractivity contribution >= 4 is 38.1 Å². The molecule has 0 aromatic heterocycles. The van der Waals surface area contributed by atoms with Gasteiger partial charge in [0.1, 0.15) is 0 Å². The molecule has 0 aliphatic rings. The Kier molecular flexibility index (Phi) is 6.24. The van der Waals surface area contributed by atoms with Crippen molar-refractivity contribution in [1.29, 1.82) is 0 Å². The third-order valence-corrected chi connectivity index (χ3v) is 4.97. The van der Waals surface area contributed by atoms with Crippen LogP contribution in [0, 0.1) is 6.92 Å². The Morgan fingerprint density at radius 2 is 1.75 bits per heavy atom. The number of hydrazone groups is 1.